The number of ether oxygens (including phenoxy) is 1. The normalized spacial score (nSPS) is 11.5. The molecule has 2 heterocycles. The second-order valence-corrected chi connectivity index (χ2v) is 8.22. The number of halogens is 4. The molecule has 5 nitrogen and oxygen atoms in total. The molecule has 0 N–H and O–H groups in total. The minimum Gasteiger partial charge on any atom is -0.427 e. The maximum absolute atomic E-state index is 13.4. The lowest BCUT2D eigenvalue weighted by Gasteiger charge is -2.05. The van der Waals surface area contributed by atoms with E-state index >= 15 is 0 Å². The molecule has 0 fully saturated rings. The third kappa shape index (κ3) is 4.70. The van der Waals surface area contributed by atoms with E-state index in [0.717, 1.165) is 21.9 Å². The predicted octanol–water partition coefficient (Wildman–Crippen LogP) is 6.37. The minimum absolute atomic E-state index is 0.273. The average molecular weight is 508 g/mol. The largest absolute Gasteiger partial charge is 0.435 e. The summed E-state index contributed by atoms with van der Waals surface area (Å²) in [5, 5.41) is 5.76. The molecule has 0 aliphatic carbocycles. The first-order chi connectivity index (χ1) is 14.7. The molecule has 158 valence electrons. The molecule has 10 heteroatoms. The van der Waals surface area contributed by atoms with Gasteiger partial charge in [0.2, 0.25) is 5.13 Å². The Labute approximate surface area is 187 Å². The summed E-state index contributed by atoms with van der Waals surface area (Å²) in [7, 11) is 0. The number of benzene rings is 2. The van der Waals surface area contributed by atoms with Crippen LogP contribution in [0.3, 0.4) is 0 Å². The fourth-order valence-corrected chi connectivity index (χ4v) is 3.93. The average Bonchev–Trinajstić information content (AvgIpc) is 3.35. The van der Waals surface area contributed by atoms with E-state index < -0.39 is 17.8 Å². The van der Waals surface area contributed by atoms with Crippen molar-refractivity contribution in [2.75, 3.05) is 0 Å². The molecule has 0 amide bonds. The highest BCUT2D eigenvalue weighted by Crippen LogP contribution is 2.35. The van der Waals surface area contributed by atoms with Crippen LogP contribution in [-0.2, 0) is 11.0 Å². The van der Waals surface area contributed by atoms with Crippen molar-refractivity contribution in [3.63, 3.8) is 0 Å². The number of carbonyl (C=O) groups excluding carboxylic acids is 1. The van der Waals surface area contributed by atoms with E-state index in [1.54, 1.807) is 53.9 Å². The van der Waals surface area contributed by atoms with Crippen molar-refractivity contribution in [2.45, 2.75) is 13.1 Å². The summed E-state index contributed by atoms with van der Waals surface area (Å²) < 4.78 is 47.1. The smallest absolute Gasteiger partial charge is 0.427 e. The van der Waals surface area contributed by atoms with Crippen molar-refractivity contribution >= 4 is 33.2 Å². The van der Waals surface area contributed by atoms with Gasteiger partial charge >= 0.3 is 12.1 Å². The first-order valence-corrected chi connectivity index (χ1v) is 10.6. The van der Waals surface area contributed by atoms with Gasteiger partial charge in [-0.1, -0.05) is 40.2 Å². The molecule has 0 unspecified atom stereocenters. The van der Waals surface area contributed by atoms with E-state index in [1.807, 2.05) is 0 Å². The summed E-state index contributed by atoms with van der Waals surface area (Å²) in [5.41, 5.74) is 1.03. The number of hydrogen-bond donors (Lipinski definition) is 0. The Bertz CT molecular complexity index is 1250. The highest BCUT2D eigenvalue weighted by atomic mass is 79.9. The van der Waals surface area contributed by atoms with E-state index in [1.165, 1.54) is 11.6 Å². The number of alkyl halides is 3. The number of rotatable bonds is 4. The van der Waals surface area contributed by atoms with E-state index in [-0.39, 0.29) is 10.8 Å². The van der Waals surface area contributed by atoms with E-state index in [2.05, 4.69) is 26.0 Å². The lowest BCUT2D eigenvalue weighted by Crippen LogP contribution is -2.07. The Balaban J connectivity index is 1.77. The van der Waals surface area contributed by atoms with Crippen molar-refractivity contribution < 1.29 is 22.7 Å². The molecule has 0 radical (unpaired) electrons. The molecule has 0 saturated heterocycles. The summed E-state index contributed by atoms with van der Waals surface area (Å²) in [6, 6.07) is 14.6. The Hall–Kier alpha value is -2.98. The number of carbonyl (C=O) groups is 1. The lowest BCUT2D eigenvalue weighted by molar-refractivity contribution is -0.141. The summed E-state index contributed by atoms with van der Waals surface area (Å²) in [4.78, 5) is 15.7. The molecule has 2 aromatic carbocycles. The second-order valence-electron chi connectivity index (χ2n) is 6.47. The second kappa shape index (κ2) is 8.27. The lowest BCUT2D eigenvalue weighted by atomic mass is 10.1. The van der Waals surface area contributed by atoms with Gasteiger partial charge in [-0.15, -0.1) is 11.3 Å². The molecule has 0 aliphatic heterocycles. The highest BCUT2D eigenvalue weighted by Gasteiger charge is 2.35. The quantitative estimate of drug-likeness (QED) is 0.238. The maximum atomic E-state index is 13.4. The van der Waals surface area contributed by atoms with Gasteiger partial charge in [0, 0.05) is 27.9 Å². The van der Waals surface area contributed by atoms with Crippen molar-refractivity contribution in [3.05, 3.63) is 70.1 Å². The van der Waals surface area contributed by atoms with Gasteiger partial charge in [-0.25, -0.2) is 9.67 Å². The van der Waals surface area contributed by atoms with Crippen LogP contribution in [-0.4, -0.2) is 20.7 Å². The van der Waals surface area contributed by atoms with Crippen molar-refractivity contribution in [2.24, 2.45) is 0 Å². The Morgan fingerprint density at radius 3 is 2.52 bits per heavy atom. The van der Waals surface area contributed by atoms with Crippen LogP contribution in [0, 0.1) is 0 Å². The zero-order valence-electron chi connectivity index (χ0n) is 15.9. The monoisotopic (exact) mass is 507 g/mol. The molecular weight excluding hydrogens is 495 g/mol. The maximum Gasteiger partial charge on any atom is 0.435 e. The van der Waals surface area contributed by atoms with Crippen LogP contribution in [0.25, 0.3) is 27.6 Å². The van der Waals surface area contributed by atoms with Crippen LogP contribution in [0.4, 0.5) is 13.2 Å². The topological polar surface area (TPSA) is 57.0 Å². The SMILES string of the molecule is CC(=O)Oc1cccc(-c2csc(-n3nc(C(F)(F)F)cc3-c3ccc(Br)cc3)n2)c1. The number of nitrogens with zero attached hydrogens (tertiary/aromatic N) is 3. The fourth-order valence-electron chi connectivity index (χ4n) is 2.87. The van der Waals surface area contributed by atoms with Gasteiger partial charge in [-0.05, 0) is 30.3 Å². The molecule has 0 spiro atoms. The van der Waals surface area contributed by atoms with Gasteiger partial charge in [0.1, 0.15) is 5.75 Å². The van der Waals surface area contributed by atoms with Gasteiger partial charge in [0.05, 0.1) is 11.4 Å². The van der Waals surface area contributed by atoms with Crippen LogP contribution >= 0.6 is 27.3 Å². The van der Waals surface area contributed by atoms with E-state index in [4.69, 9.17) is 4.74 Å². The third-order valence-electron chi connectivity index (χ3n) is 4.20. The van der Waals surface area contributed by atoms with Crippen LogP contribution < -0.4 is 4.74 Å². The van der Waals surface area contributed by atoms with Gasteiger partial charge in [0.15, 0.2) is 5.69 Å². The fraction of sp³-hybridized carbons (Fsp3) is 0.0952. The van der Waals surface area contributed by atoms with Gasteiger partial charge < -0.3 is 4.74 Å². The molecule has 0 atom stereocenters. The molecule has 0 saturated carbocycles. The summed E-state index contributed by atoms with van der Waals surface area (Å²) in [5.74, 6) is -0.0972. The number of hydrogen-bond acceptors (Lipinski definition) is 5. The first-order valence-electron chi connectivity index (χ1n) is 8.88. The number of thiazole rings is 1. The van der Waals surface area contributed by atoms with Gasteiger partial charge in [-0.2, -0.15) is 18.3 Å². The van der Waals surface area contributed by atoms with Crippen LogP contribution in [0.2, 0.25) is 0 Å². The molecule has 2 aromatic heterocycles. The van der Waals surface area contributed by atoms with Crippen molar-refractivity contribution in [3.8, 4) is 33.4 Å². The summed E-state index contributed by atoms with van der Waals surface area (Å²) in [6.07, 6.45) is -4.59. The first kappa shape index (κ1) is 21.3. The molecule has 0 bridgehead atoms. The summed E-state index contributed by atoms with van der Waals surface area (Å²) in [6.45, 7) is 1.30. The Morgan fingerprint density at radius 2 is 1.84 bits per heavy atom. The Kier molecular flexibility index (Phi) is 5.67. The molecule has 4 aromatic rings. The van der Waals surface area contributed by atoms with E-state index in [9.17, 15) is 18.0 Å². The molecule has 4 rings (SSSR count). The number of esters is 1. The standard InChI is InChI=1S/C21H13BrF3N3O2S/c1-12(29)30-16-4-2-3-14(9-16)17-11-31-20(26-17)28-18(10-19(27-28)21(23,24)25)13-5-7-15(22)8-6-13/h2-11H,1H3. The highest BCUT2D eigenvalue weighted by molar-refractivity contribution is 9.10. The van der Waals surface area contributed by atoms with Crippen molar-refractivity contribution in [1.82, 2.24) is 14.8 Å². The minimum atomic E-state index is -4.59. The van der Waals surface area contributed by atoms with Crippen molar-refractivity contribution in [1.29, 1.82) is 0 Å². The van der Waals surface area contributed by atoms with Gasteiger partial charge in [0.25, 0.3) is 0 Å². The zero-order chi connectivity index (χ0) is 22.2. The molecular formula is C21H13BrF3N3O2S. The predicted molar refractivity (Wildman–Crippen MR) is 114 cm³/mol. The molecule has 31 heavy (non-hydrogen) atoms. The van der Waals surface area contributed by atoms with Gasteiger partial charge in [-0.3, -0.25) is 4.79 Å². The summed E-state index contributed by atoms with van der Waals surface area (Å²) >= 11 is 4.48. The van der Waals surface area contributed by atoms with E-state index in [0.29, 0.717) is 22.6 Å². The number of aromatic nitrogens is 3. The Morgan fingerprint density at radius 1 is 1.10 bits per heavy atom. The van der Waals surface area contributed by atoms with Crippen LogP contribution in [0.15, 0.2) is 64.5 Å². The van der Waals surface area contributed by atoms with Crippen LogP contribution in [0.1, 0.15) is 12.6 Å². The zero-order valence-corrected chi connectivity index (χ0v) is 18.3. The molecule has 0 aliphatic rings. The van der Waals surface area contributed by atoms with Crippen LogP contribution in [0.5, 0.6) is 5.75 Å². The third-order valence-corrected chi connectivity index (χ3v) is 5.55.